The Balaban J connectivity index is 1.41. The first kappa shape index (κ1) is 21.5. The van der Waals surface area contributed by atoms with Crippen LogP contribution in [0.1, 0.15) is 27.9 Å². The highest BCUT2D eigenvalue weighted by Gasteiger charge is 2.21. The second kappa shape index (κ2) is 9.98. The summed E-state index contributed by atoms with van der Waals surface area (Å²) in [7, 11) is 0. The van der Waals surface area contributed by atoms with E-state index in [1.807, 2.05) is 11.0 Å². The van der Waals surface area contributed by atoms with E-state index in [9.17, 15) is 14.0 Å². The zero-order valence-electron chi connectivity index (χ0n) is 16.5. The van der Waals surface area contributed by atoms with Gasteiger partial charge in [-0.25, -0.2) is 4.39 Å². The molecule has 0 spiro atoms. The van der Waals surface area contributed by atoms with E-state index in [1.54, 1.807) is 0 Å². The van der Waals surface area contributed by atoms with E-state index in [2.05, 4.69) is 51.3 Å². The lowest BCUT2D eigenvalue weighted by Gasteiger charge is -2.35. The SMILES string of the molecule is Cc1ccccc1CN1CCN(C(=O)CCNC(=O)c2cc(F)ccc2Br)CC1. The minimum Gasteiger partial charge on any atom is -0.351 e. The van der Waals surface area contributed by atoms with Gasteiger partial charge in [-0.1, -0.05) is 24.3 Å². The van der Waals surface area contributed by atoms with Crippen molar-refractivity contribution >= 4 is 27.7 Å². The summed E-state index contributed by atoms with van der Waals surface area (Å²) in [6.07, 6.45) is 0.233. The van der Waals surface area contributed by atoms with E-state index in [-0.39, 0.29) is 24.4 Å². The van der Waals surface area contributed by atoms with Gasteiger partial charge in [0.1, 0.15) is 5.82 Å². The predicted octanol–water partition coefficient (Wildman–Crippen LogP) is 3.36. The molecule has 0 aliphatic carbocycles. The molecule has 1 N–H and O–H groups in total. The molecular weight excluding hydrogens is 437 g/mol. The monoisotopic (exact) mass is 461 g/mol. The van der Waals surface area contributed by atoms with Crippen LogP contribution >= 0.6 is 15.9 Å². The van der Waals surface area contributed by atoms with Crippen molar-refractivity contribution in [2.24, 2.45) is 0 Å². The number of nitrogens with one attached hydrogen (secondary N) is 1. The third-order valence-corrected chi connectivity index (χ3v) is 5.87. The Labute approximate surface area is 179 Å². The molecule has 2 amide bonds. The average Bonchev–Trinajstić information content (AvgIpc) is 2.72. The number of hydrogen-bond donors (Lipinski definition) is 1. The maximum absolute atomic E-state index is 13.3. The normalized spacial score (nSPS) is 14.7. The fraction of sp³-hybridized carbons (Fsp3) is 0.364. The van der Waals surface area contributed by atoms with E-state index in [0.717, 1.165) is 19.6 Å². The Morgan fingerprint density at radius 2 is 1.83 bits per heavy atom. The Kier molecular flexibility index (Phi) is 7.39. The highest BCUT2D eigenvalue weighted by molar-refractivity contribution is 9.10. The molecule has 154 valence electrons. The molecule has 1 heterocycles. The van der Waals surface area contributed by atoms with Crippen LogP contribution in [-0.4, -0.2) is 54.3 Å². The quantitative estimate of drug-likeness (QED) is 0.717. The number of aryl methyl sites for hydroxylation is 1. The molecule has 1 fully saturated rings. The van der Waals surface area contributed by atoms with E-state index in [0.29, 0.717) is 17.6 Å². The standard InChI is InChI=1S/C22H25BrFN3O2/c1-16-4-2-3-5-17(16)15-26-10-12-27(13-11-26)21(28)8-9-25-22(29)19-14-18(24)6-7-20(19)23/h2-7,14H,8-13,15H2,1H3,(H,25,29). The first-order valence-corrected chi connectivity index (χ1v) is 10.5. The van der Waals surface area contributed by atoms with Crippen LogP contribution in [0.15, 0.2) is 46.9 Å². The maximum atomic E-state index is 13.3. The van der Waals surface area contributed by atoms with Crippen molar-refractivity contribution in [3.05, 3.63) is 69.4 Å². The van der Waals surface area contributed by atoms with Crippen molar-refractivity contribution in [1.82, 2.24) is 15.1 Å². The summed E-state index contributed by atoms with van der Waals surface area (Å²) in [6.45, 7) is 6.29. The number of carbonyl (C=O) groups excluding carboxylic acids is 2. The second-order valence-electron chi connectivity index (χ2n) is 7.21. The van der Waals surface area contributed by atoms with Gasteiger partial charge in [-0.2, -0.15) is 0 Å². The zero-order valence-corrected chi connectivity index (χ0v) is 18.0. The molecule has 0 atom stereocenters. The van der Waals surface area contributed by atoms with Crippen LogP contribution in [-0.2, 0) is 11.3 Å². The Hall–Kier alpha value is -2.25. The van der Waals surface area contributed by atoms with Gasteiger partial charge in [0.15, 0.2) is 0 Å². The number of rotatable bonds is 6. The third kappa shape index (κ3) is 5.87. The number of nitrogens with zero attached hydrogens (tertiary/aromatic N) is 2. The Morgan fingerprint density at radius 3 is 2.55 bits per heavy atom. The number of hydrogen-bond acceptors (Lipinski definition) is 3. The molecular formula is C22H25BrFN3O2. The molecule has 2 aromatic carbocycles. The highest BCUT2D eigenvalue weighted by Crippen LogP contribution is 2.17. The third-order valence-electron chi connectivity index (χ3n) is 5.18. The van der Waals surface area contributed by atoms with Gasteiger partial charge in [0.05, 0.1) is 5.56 Å². The van der Waals surface area contributed by atoms with Crippen LogP contribution in [0.2, 0.25) is 0 Å². The van der Waals surface area contributed by atoms with Crippen molar-refractivity contribution in [2.45, 2.75) is 19.9 Å². The molecule has 0 unspecified atom stereocenters. The molecule has 0 bridgehead atoms. The van der Waals surface area contributed by atoms with Gasteiger partial charge < -0.3 is 10.2 Å². The molecule has 1 saturated heterocycles. The lowest BCUT2D eigenvalue weighted by atomic mass is 10.1. The molecule has 5 nitrogen and oxygen atoms in total. The fourth-order valence-corrected chi connectivity index (χ4v) is 3.82. The van der Waals surface area contributed by atoms with Gasteiger partial charge >= 0.3 is 0 Å². The van der Waals surface area contributed by atoms with E-state index in [4.69, 9.17) is 0 Å². The van der Waals surface area contributed by atoms with Gasteiger partial charge in [-0.05, 0) is 52.2 Å². The number of amides is 2. The fourth-order valence-electron chi connectivity index (χ4n) is 3.39. The van der Waals surface area contributed by atoms with Gasteiger partial charge in [0, 0.05) is 50.2 Å². The lowest BCUT2D eigenvalue weighted by molar-refractivity contribution is -0.132. The van der Waals surface area contributed by atoms with E-state index < -0.39 is 11.7 Å². The molecule has 1 aliphatic heterocycles. The molecule has 3 rings (SSSR count). The van der Waals surface area contributed by atoms with Crippen LogP contribution in [0, 0.1) is 12.7 Å². The molecule has 0 saturated carbocycles. The summed E-state index contributed by atoms with van der Waals surface area (Å²) < 4.78 is 13.8. The predicted molar refractivity (Wildman–Crippen MR) is 114 cm³/mol. The minimum absolute atomic E-state index is 0.0270. The summed E-state index contributed by atoms with van der Waals surface area (Å²) in [5.74, 6) is -0.843. The zero-order chi connectivity index (χ0) is 20.8. The van der Waals surface area contributed by atoms with Crippen molar-refractivity contribution in [2.75, 3.05) is 32.7 Å². The smallest absolute Gasteiger partial charge is 0.252 e. The van der Waals surface area contributed by atoms with Gasteiger partial charge in [0.2, 0.25) is 5.91 Å². The summed E-state index contributed by atoms with van der Waals surface area (Å²) in [6, 6.07) is 12.3. The van der Waals surface area contributed by atoms with Crippen molar-refractivity contribution in [1.29, 1.82) is 0 Å². The number of halogens is 2. The van der Waals surface area contributed by atoms with Crippen molar-refractivity contribution < 1.29 is 14.0 Å². The summed E-state index contributed by atoms with van der Waals surface area (Å²) in [4.78, 5) is 28.8. The van der Waals surface area contributed by atoms with E-state index in [1.165, 1.54) is 29.3 Å². The second-order valence-corrected chi connectivity index (χ2v) is 8.07. The minimum atomic E-state index is -0.474. The molecule has 0 aromatic heterocycles. The van der Waals surface area contributed by atoms with E-state index >= 15 is 0 Å². The Morgan fingerprint density at radius 1 is 1.10 bits per heavy atom. The average molecular weight is 462 g/mol. The first-order valence-electron chi connectivity index (χ1n) is 9.72. The topological polar surface area (TPSA) is 52.6 Å². The Bertz CT molecular complexity index is 882. The number of carbonyl (C=O) groups is 2. The summed E-state index contributed by atoms with van der Waals surface area (Å²) in [5, 5.41) is 2.69. The summed E-state index contributed by atoms with van der Waals surface area (Å²) in [5.41, 5.74) is 2.83. The lowest BCUT2D eigenvalue weighted by Crippen LogP contribution is -2.48. The number of benzene rings is 2. The van der Waals surface area contributed by atoms with Crippen LogP contribution in [0.3, 0.4) is 0 Å². The van der Waals surface area contributed by atoms with Crippen molar-refractivity contribution in [3.8, 4) is 0 Å². The largest absolute Gasteiger partial charge is 0.351 e. The number of piperazine rings is 1. The molecule has 1 aliphatic rings. The van der Waals surface area contributed by atoms with Crippen LogP contribution in [0.4, 0.5) is 4.39 Å². The summed E-state index contributed by atoms with van der Waals surface area (Å²) >= 11 is 3.24. The van der Waals surface area contributed by atoms with Gasteiger partial charge in [-0.3, -0.25) is 14.5 Å². The van der Waals surface area contributed by atoms with Gasteiger partial charge in [-0.15, -0.1) is 0 Å². The molecule has 7 heteroatoms. The molecule has 0 radical (unpaired) electrons. The van der Waals surface area contributed by atoms with Crippen LogP contribution in [0.25, 0.3) is 0 Å². The van der Waals surface area contributed by atoms with Crippen LogP contribution in [0.5, 0.6) is 0 Å². The molecule has 29 heavy (non-hydrogen) atoms. The first-order chi connectivity index (χ1) is 13.9. The van der Waals surface area contributed by atoms with Gasteiger partial charge in [0.25, 0.3) is 5.91 Å². The van der Waals surface area contributed by atoms with Crippen LogP contribution < -0.4 is 5.32 Å². The maximum Gasteiger partial charge on any atom is 0.252 e. The van der Waals surface area contributed by atoms with Crippen molar-refractivity contribution in [3.63, 3.8) is 0 Å². The highest BCUT2D eigenvalue weighted by atomic mass is 79.9. The molecule has 2 aromatic rings.